The number of anilines is 1. The molecule has 3 saturated heterocycles. The second kappa shape index (κ2) is 6.56. The molecule has 0 radical (unpaired) electrons. The molecule has 3 unspecified atom stereocenters. The number of amides is 2. The number of carbonyl (C=O) groups is 2. The fourth-order valence-corrected chi connectivity index (χ4v) is 5.37. The molecule has 3 heterocycles. The maximum absolute atomic E-state index is 13.5. The minimum Gasteiger partial charge on any atom is -0.274 e. The van der Waals surface area contributed by atoms with Crippen LogP contribution in [0.4, 0.5) is 5.69 Å². The number of para-hydroxylation sites is 1. The number of rotatable bonds is 2. The summed E-state index contributed by atoms with van der Waals surface area (Å²) in [7, 11) is 0. The van der Waals surface area contributed by atoms with Crippen molar-refractivity contribution in [2.24, 2.45) is 5.92 Å². The minimum atomic E-state index is -0.506. The third-order valence-electron chi connectivity index (χ3n) is 5.99. The number of aryl methyl sites for hydroxylation is 1. The Morgan fingerprint density at radius 1 is 0.857 bits per heavy atom. The summed E-state index contributed by atoms with van der Waals surface area (Å²) in [5, 5.41) is 4.88. The van der Waals surface area contributed by atoms with Crippen molar-refractivity contribution < 1.29 is 9.59 Å². The normalized spacial score (nSPS) is 27.5. The predicted molar refractivity (Wildman–Crippen MR) is 108 cm³/mol. The van der Waals surface area contributed by atoms with Crippen LogP contribution in [-0.4, -0.2) is 41.0 Å². The van der Waals surface area contributed by atoms with Crippen LogP contribution in [0, 0.1) is 12.8 Å². The maximum Gasteiger partial charge on any atom is 0.253 e. The fourth-order valence-electron chi connectivity index (χ4n) is 4.80. The molecule has 0 aliphatic carbocycles. The minimum absolute atomic E-state index is 0.157. The van der Waals surface area contributed by atoms with Crippen molar-refractivity contribution in [1.82, 2.24) is 10.0 Å². The van der Waals surface area contributed by atoms with Crippen molar-refractivity contribution in [3.05, 3.63) is 63.6 Å². The quantitative estimate of drug-likeness (QED) is 0.698. The summed E-state index contributed by atoms with van der Waals surface area (Å²) < 4.78 is 0. The first-order valence-electron chi connectivity index (χ1n) is 9.40. The zero-order chi connectivity index (χ0) is 19.6. The van der Waals surface area contributed by atoms with Gasteiger partial charge in [-0.05, 0) is 31.0 Å². The van der Waals surface area contributed by atoms with Crippen molar-refractivity contribution >= 4 is 40.7 Å². The summed E-state index contributed by atoms with van der Waals surface area (Å²) in [6.45, 7) is 3.65. The summed E-state index contributed by atoms with van der Waals surface area (Å²) in [4.78, 5) is 28.1. The van der Waals surface area contributed by atoms with Crippen LogP contribution in [0.3, 0.4) is 0 Å². The molecule has 5 nitrogen and oxygen atoms in total. The Hall–Kier alpha value is -1.92. The second-order valence-corrected chi connectivity index (χ2v) is 8.40. The van der Waals surface area contributed by atoms with Crippen LogP contribution < -0.4 is 4.90 Å². The lowest BCUT2D eigenvalue weighted by Gasteiger charge is -2.30. The summed E-state index contributed by atoms with van der Waals surface area (Å²) in [5.41, 5.74) is 2.51. The highest BCUT2D eigenvalue weighted by Gasteiger charge is 2.63. The van der Waals surface area contributed by atoms with Gasteiger partial charge in [-0.25, -0.2) is 14.9 Å². The van der Waals surface area contributed by atoms with Gasteiger partial charge in [0.2, 0.25) is 5.91 Å². The van der Waals surface area contributed by atoms with Gasteiger partial charge in [-0.2, -0.15) is 0 Å². The zero-order valence-electron chi connectivity index (χ0n) is 15.3. The van der Waals surface area contributed by atoms with Crippen LogP contribution in [0.15, 0.2) is 42.5 Å². The van der Waals surface area contributed by atoms with Gasteiger partial charge in [0, 0.05) is 13.1 Å². The molecule has 3 fully saturated rings. The first-order chi connectivity index (χ1) is 13.5. The third-order valence-corrected chi connectivity index (χ3v) is 6.60. The molecule has 28 heavy (non-hydrogen) atoms. The van der Waals surface area contributed by atoms with E-state index in [9.17, 15) is 9.59 Å². The Balaban J connectivity index is 1.62. The predicted octanol–water partition coefficient (Wildman–Crippen LogP) is 3.84. The molecule has 0 aromatic heterocycles. The Morgan fingerprint density at radius 2 is 1.46 bits per heavy atom. The molecule has 0 spiro atoms. The topological polar surface area (TPSA) is 43.9 Å². The smallest absolute Gasteiger partial charge is 0.253 e. The van der Waals surface area contributed by atoms with Gasteiger partial charge in [0.1, 0.15) is 6.04 Å². The summed E-state index contributed by atoms with van der Waals surface area (Å²) in [6, 6.07) is 12.6. The maximum atomic E-state index is 13.5. The molecule has 5 rings (SSSR count). The number of hydrogen-bond acceptors (Lipinski definition) is 4. The van der Waals surface area contributed by atoms with E-state index in [1.807, 2.05) is 19.1 Å². The highest BCUT2D eigenvalue weighted by molar-refractivity contribution is 6.42. The van der Waals surface area contributed by atoms with Gasteiger partial charge in [-0.3, -0.25) is 9.59 Å². The lowest BCUT2D eigenvalue weighted by atomic mass is 9.89. The van der Waals surface area contributed by atoms with Crippen LogP contribution in [0.5, 0.6) is 0 Å². The van der Waals surface area contributed by atoms with Gasteiger partial charge in [0.15, 0.2) is 0 Å². The number of imide groups is 1. The monoisotopic (exact) mass is 415 g/mol. The second-order valence-electron chi connectivity index (χ2n) is 7.59. The van der Waals surface area contributed by atoms with Gasteiger partial charge in [-0.1, -0.05) is 59.1 Å². The average Bonchev–Trinajstić information content (AvgIpc) is 3.30. The Labute approximate surface area is 173 Å². The van der Waals surface area contributed by atoms with E-state index >= 15 is 0 Å². The van der Waals surface area contributed by atoms with Crippen molar-refractivity contribution in [3.63, 3.8) is 0 Å². The number of nitrogens with zero attached hydrogens (tertiary/aromatic N) is 3. The highest BCUT2D eigenvalue weighted by atomic mass is 35.5. The molecule has 2 aromatic carbocycles. The SMILES string of the molecule is Cc1ccc(C2C3C(=O)N(c4c(Cl)cccc4Cl)C(=O)C3N3CCCN23)cc1. The Morgan fingerprint density at radius 3 is 2.11 bits per heavy atom. The molecular weight excluding hydrogens is 397 g/mol. The van der Waals surface area contributed by atoms with Gasteiger partial charge in [0.25, 0.3) is 5.91 Å². The number of hydrogen-bond donors (Lipinski definition) is 0. The first-order valence-corrected chi connectivity index (χ1v) is 10.2. The number of carbonyl (C=O) groups excluding carboxylic acids is 2. The fraction of sp³-hybridized carbons (Fsp3) is 0.333. The zero-order valence-corrected chi connectivity index (χ0v) is 16.8. The van der Waals surface area contributed by atoms with Crippen molar-refractivity contribution in [3.8, 4) is 0 Å². The van der Waals surface area contributed by atoms with Gasteiger partial charge < -0.3 is 0 Å². The van der Waals surface area contributed by atoms with Crippen molar-refractivity contribution in [2.75, 3.05) is 18.0 Å². The molecule has 2 amide bonds. The molecule has 144 valence electrons. The van der Waals surface area contributed by atoms with E-state index in [1.165, 1.54) is 4.90 Å². The number of fused-ring (bicyclic) bond motifs is 3. The lowest BCUT2D eigenvalue weighted by Crippen LogP contribution is -2.44. The summed E-state index contributed by atoms with van der Waals surface area (Å²) >= 11 is 12.6. The first kappa shape index (κ1) is 18.1. The highest BCUT2D eigenvalue weighted by Crippen LogP contribution is 2.50. The van der Waals surface area contributed by atoms with Gasteiger partial charge in [-0.15, -0.1) is 0 Å². The Bertz CT molecular complexity index is 958. The molecule has 7 heteroatoms. The number of benzene rings is 2. The number of hydrazine groups is 1. The van der Waals surface area contributed by atoms with Crippen LogP contribution in [0.1, 0.15) is 23.6 Å². The summed E-state index contributed by atoms with van der Waals surface area (Å²) in [6.07, 6.45) is 0.972. The molecule has 3 aliphatic rings. The van der Waals surface area contributed by atoms with Crippen LogP contribution >= 0.6 is 23.2 Å². The molecule has 0 saturated carbocycles. The molecule has 0 bridgehead atoms. The largest absolute Gasteiger partial charge is 0.274 e. The van der Waals surface area contributed by atoms with E-state index in [2.05, 4.69) is 22.2 Å². The van der Waals surface area contributed by atoms with Gasteiger partial charge >= 0.3 is 0 Å². The van der Waals surface area contributed by atoms with E-state index in [-0.39, 0.29) is 17.9 Å². The van der Waals surface area contributed by atoms with E-state index in [1.54, 1.807) is 18.2 Å². The van der Waals surface area contributed by atoms with Crippen LogP contribution in [-0.2, 0) is 9.59 Å². The molecule has 3 atom stereocenters. The van der Waals surface area contributed by atoms with E-state index < -0.39 is 12.0 Å². The molecular formula is C21H19Cl2N3O2. The van der Waals surface area contributed by atoms with E-state index in [0.29, 0.717) is 15.7 Å². The third kappa shape index (κ3) is 2.47. The molecule has 0 N–H and O–H groups in total. The number of halogens is 2. The van der Waals surface area contributed by atoms with Crippen LogP contribution in [0.25, 0.3) is 0 Å². The van der Waals surface area contributed by atoms with Crippen molar-refractivity contribution in [2.45, 2.75) is 25.4 Å². The lowest BCUT2D eigenvalue weighted by molar-refractivity contribution is -0.126. The van der Waals surface area contributed by atoms with Crippen molar-refractivity contribution in [1.29, 1.82) is 0 Å². The Kier molecular flexibility index (Phi) is 4.25. The summed E-state index contributed by atoms with van der Waals surface area (Å²) in [5.74, 6) is -0.945. The molecule has 3 aliphatic heterocycles. The van der Waals surface area contributed by atoms with E-state index in [0.717, 1.165) is 30.6 Å². The van der Waals surface area contributed by atoms with Crippen LogP contribution in [0.2, 0.25) is 10.0 Å². The average molecular weight is 416 g/mol. The van der Waals surface area contributed by atoms with Gasteiger partial charge in [0.05, 0.1) is 27.7 Å². The van der Waals surface area contributed by atoms with E-state index in [4.69, 9.17) is 23.2 Å². The molecule has 2 aromatic rings. The standard InChI is InChI=1S/C21H19Cl2N3O2/c1-12-6-8-13(9-7-12)17-16-19(25-11-3-10-24(17)25)21(28)26(20(16)27)18-14(22)4-2-5-15(18)23/h2,4-9,16-17,19H,3,10-11H2,1H3.